The van der Waals surface area contributed by atoms with E-state index in [0.29, 0.717) is 0 Å². The van der Waals surface area contributed by atoms with Gasteiger partial charge in [0.15, 0.2) is 0 Å². The van der Waals surface area contributed by atoms with Crippen LogP contribution in [0.15, 0.2) is 42.9 Å². The normalized spacial score (nSPS) is 18.8. The van der Waals surface area contributed by atoms with Gasteiger partial charge < -0.3 is 9.31 Å². The first-order valence-electron chi connectivity index (χ1n) is 8.50. The lowest BCUT2D eigenvalue weighted by Gasteiger charge is -2.32. The average Bonchev–Trinajstić information content (AvgIpc) is 3.07. The highest BCUT2D eigenvalue weighted by Gasteiger charge is 2.52. The van der Waals surface area contributed by atoms with Crippen LogP contribution in [-0.4, -0.2) is 33.1 Å². The van der Waals surface area contributed by atoms with Crippen molar-refractivity contribution in [2.75, 3.05) is 0 Å². The van der Waals surface area contributed by atoms with E-state index in [9.17, 15) is 0 Å². The van der Waals surface area contributed by atoms with Crippen molar-refractivity contribution in [1.29, 1.82) is 0 Å². The molecule has 1 aromatic carbocycles. The molecule has 0 atom stereocenters. The largest absolute Gasteiger partial charge is 0.495 e. The molecule has 1 fully saturated rings. The zero-order valence-electron chi connectivity index (χ0n) is 15.3. The first-order valence-corrected chi connectivity index (χ1v) is 8.50. The van der Waals surface area contributed by atoms with Crippen LogP contribution in [0.25, 0.3) is 22.0 Å². The topological polar surface area (TPSA) is 49.2 Å². The van der Waals surface area contributed by atoms with E-state index in [1.54, 1.807) is 4.68 Å². The summed E-state index contributed by atoms with van der Waals surface area (Å²) in [5.74, 6) is 0. The summed E-state index contributed by atoms with van der Waals surface area (Å²) < 4.78 is 14.2. The molecule has 0 bridgehead atoms. The van der Waals surface area contributed by atoms with E-state index in [1.165, 1.54) is 0 Å². The molecule has 0 amide bonds. The third-order valence-corrected chi connectivity index (χ3v) is 5.32. The fraction of sp³-hybridized carbons (Fsp3) is 0.368. The first-order chi connectivity index (χ1) is 11.8. The van der Waals surface area contributed by atoms with Crippen LogP contribution in [0.2, 0.25) is 0 Å². The lowest BCUT2D eigenvalue weighted by molar-refractivity contribution is 0.00578. The molecule has 1 saturated heterocycles. The zero-order chi connectivity index (χ0) is 17.8. The molecule has 25 heavy (non-hydrogen) atoms. The van der Waals surface area contributed by atoms with Crippen molar-refractivity contribution in [3.8, 4) is 11.1 Å². The molecule has 0 saturated carbocycles. The number of fused-ring (bicyclic) bond motifs is 1. The molecule has 0 aliphatic carbocycles. The molecule has 1 aliphatic heterocycles. The molecule has 5 nitrogen and oxygen atoms in total. The van der Waals surface area contributed by atoms with Gasteiger partial charge in [-0.2, -0.15) is 5.10 Å². The molecule has 6 heteroatoms. The van der Waals surface area contributed by atoms with Crippen molar-refractivity contribution in [1.82, 2.24) is 14.8 Å². The van der Waals surface area contributed by atoms with Gasteiger partial charge in [0.25, 0.3) is 0 Å². The molecule has 3 aromatic rings. The molecular weight excluding hydrogens is 313 g/mol. The summed E-state index contributed by atoms with van der Waals surface area (Å²) in [7, 11) is 1.53. The Morgan fingerprint density at radius 2 is 1.72 bits per heavy atom. The number of hydrogen-bond donors (Lipinski definition) is 0. The molecule has 0 N–H and O–H groups in total. The van der Waals surface area contributed by atoms with E-state index >= 15 is 0 Å². The van der Waals surface area contributed by atoms with Gasteiger partial charge in [0.1, 0.15) is 0 Å². The number of benzene rings is 1. The quantitative estimate of drug-likeness (QED) is 0.676. The van der Waals surface area contributed by atoms with Gasteiger partial charge in [0, 0.05) is 25.0 Å². The SMILES string of the molecule is Cn1cc(-c2ccc3c(B4OC(C)(C)C(C)(C)O4)ccnc3c2)cn1. The fourth-order valence-electron chi connectivity index (χ4n) is 3.10. The second-order valence-electron chi connectivity index (χ2n) is 7.62. The van der Waals surface area contributed by atoms with Crippen molar-refractivity contribution in [2.24, 2.45) is 7.05 Å². The molecule has 0 unspecified atom stereocenters. The molecule has 3 heterocycles. The van der Waals surface area contributed by atoms with Gasteiger partial charge in [-0.3, -0.25) is 9.67 Å². The predicted molar refractivity (Wildman–Crippen MR) is 99.7 cm³/mol. The highest BCUT2D eigenvalue weighted by molar-refractivity contribution is 6.65. The van der Waals surface area contributed by atoms with Gasteiger partial charge in [-0.1, -0.05) is 12.1 Å². The Labute approximate surface area is 148 Å². The second kappa shape index (κ2) is 5.41. The summed E-state index contributed by atoms with van der Waals surface area (Å²) in [5.41, 5.74) is 3.40. The van der Waals surface area contributed by atoms with Crippen molar-refractivity contribution in [3.05, 3.63) is 42.9 Å². The van der Waals surface area contributed by atoms with E-state index in [4.69, 9.17) is 9.31 Å². The van der Waals surface area contributed by atoms with E-state index in [0.717, 1.165) is 27.5 Å². The van der Waals surface area contributed by atoms with Crippen LogP contribution in [0.5, 0.6) is 0 Å². The highest BCUT2D eigenvalue weighted by atomic mass is 16.7. The van der Waals surface area contributed by atoms with Crippen molar-refractivity contribution in [3.63, 3.8) is 0 Å². The van der Waals surface area contributed by atoms with E-state index < -0.39 is 0 Å². The van der Waals surface area contributed by atoms with Gasteiger partial charge in [-0.15, -0.1) is 0 Å². The van der Waals surface area contributed by atoms with Crippen LogP contribution < -0.4 is 5.46 Å². The second-order valence-corrected chi connectivity index (χ2v) is 7.62. The minimum absolute atomic E-state index is 0.358. The summed E-state index contributed by atoms with van der Waals surface area (Å²) in [6.45, 7) is 8.27. The van der Waals surface area contributed by atoms with Crippen LogP contribution in [-0.2, 0) is 16.4 Å². The third kappa shape index (κ3) is 2.66. The van der Waals surface area contributed by atoms with Crippen molar-refractivity contribution < 1.29 is 9.31 Å². The highest BCUT2D eigenvalue weighted by Crippen LogP contribution is 2.37. The predicted octanol–water partition coefficient (Wildman–Crippen LogP) is 2.93. The number of nitrogens with zero attached hydrogens (tertiary/aromatic N) is 3. The first kappa shape index (κ1) is 16.3. The molecular formula is C19H22BN3O2. The molecule has 1 aliphatic rings. The number of pyridine rings is 1. The van der Waals surface area contributed by atoms with Crippen LogP contribution in [0.4, 0.5) is 0 Å². The molecule has 128 valence electrons. The van der Waals surface area contributed by atoms with Gasteiger partial charge >= 0.3 is 7.12 Å². The maximum absolute atomic E-state index is 6.21. The maximum Gasteiger partial charge on any atom is 0.495 e. The van der Waals surface area contributed by atoms with Crippen LogP contribution >= 0.6 is 0 Å². The number of rotatable bonds is 2. The molecule has 2 aromatic heterocycles. The summed E-state index contributed by atoms with van der Waals surface area (Å²) in [6.07, 6.45) is 5.67. The Kier molecular flexibility index (Phi) is 3.53. The Morgan fingerprint density at radius 3 is 2.36 bits per heavy atom. The van der Waals surface area contributed by atoms with E-state index in [1.807, 2.05) is 31.7 Å². The van der Waals surface area contributed by atoms with Crippen molar-refractivity contribution in [2.45, 2.75) is 38.9 Å². The van der Waals surface area contributed by atoms with Gasteiger partial charge in [0.05, 0.1) is 22.9 Å². The fourth-order valence-corrected chi connectivity index (χ4v) is 3.10. The van der Waals surface area contributed by atoms with E-state index in [-0.39, 0.29) is 18.3 Å². The number of aryl methyl sites for hydroxylation is 1. The van der Waals surface area contributed by atoms with Crippen LogP contribution in [0.1, 0.15) is 27.7 Å². The molecule has 0 spiro atoms. The van der Waals surface area contributed by atoms with Crippen LogP contribution in [0.3, 0.4) is 0 Å². The van der Waals surface area contributed by atoms with Gasteiger partial charge in [0.2, 0.25) is 0 Å². The average molecular weight is 335 g/mol. The summed E-state index contributed by atoms with van der Waals surface area (Å²) in [4.78, 5) is 4.54. The minimum Gasteiger partial charge on any atom is -0.399 e. The Hall–Kier alpha value is -2.18. The van der Waals surface area contributed by atoms with Gasteiger partial charge in [-0.25, -0.2) is 0 Å². The summed E-state index contributed by atoms with van der Waals surface area (Å²) in [6, 6.07) is 8.25. The van der Waals surface area contributed by atoms with Crippen LogP contribution in [0, 0.1) is 0 Å². The summed E-state index contributed by atoms with van der Waals surface area (Å²) in [5, 5.41) is 5.29. The zero-order valence-corrected chi connectivity index (χ0v) is 15.3. The smallest absolute Gasteiger partial charge is 0.399 e. The number of aromatic nitrogens is 3. The Morgan fingerprint density at radius 1 is 1.00 bits per heavy atom. The Bertz CT molecular complexity index is 933. The number of hydrogen-bond acceptors (Lipinski definition) is 4. The lowest BCUT2D eigenvalue weighted by Crippen LogP contribution is -2.41. The lowest BCUT2D eigenvalue weighted by atomic mass is 9.77. The summed E-state index contributed by atoms with van der Waals surface area (Å²) >= 11 is 0. The van der Waals surface area contributed by atoms with Gasteiger partial charge in [-0.05, 0) is 56.2 Å². The third-order valence-electron chi connectivity index (χ3n) is 5.32. The minimum atomic E-state index is -0.389. The molecule has 0 radical (unpaired) electrons. The standard InChI is InChI=1S/C19H22BN3O2/c1-18(2)19(3,4)25-20(24-18)16-8-9-21-17-10-13(6-7-15(16)17)14-11-22-23(5)12-14/h6-12H,1-5H3. The Balaban J connectivity index is 1.77. The molecule has 4 rings (SSSR count). The van der Waals surface area contributed by atoms with E-state index in [2.05, 4.69) is 56.0 Å². The monoisotopic (exact) mass is 335 g/mol. The maximum atomic E-state index is 6.21. The van der Waals surface area contributed by atoms with Crippen molar-refractivity contribution >= 4 is 23.5 Å².